The van der Waals surface area contributed by atoms with E-state index in [2.05, 4.69) is 5.32 Å². The van der Waals surface area contributed by atoms with Crippen molar-refractivity contribution in [3.8, 4) is 5.75 Å². The van der Waals surface area contributed by atoms with Crippen LogP contribution in [-0.2, 0) is 9.59 Å². The zero-order valence-corrected chi connectivity index (χ0v) is 12.9. The fourth-order valence-electron chi connectivity index (χ4n) is 2.39. The predicted molar refractivity (Wildman–Crippen MR) is 86.3 cm³/mol. The third-order valence-electron chi connectivity index (χ3n) is 3.58. The number of fused-ring (bicyclic) bond motifs is 1. The van der Waals surface area contributed by atoms with Crippen LogP contribution in [0.15, 0.2) is 42.5 Å². The van der Waals surface area contributed by atoms with Crippen molar-refractivity contribution in [2.24, 2.45) is 0 Å². The first-order chi connectivity index (χ1) is 11.9. The lowest BCUT2D eigenvalue weighted by molar-refractivity contribution is -0.123. The molecule has 0 aliphatic carbocycles. The molecule has 0 bridgehead atoms. The second-order valence-electron chi connectivity index (χ2n) is 5.31. The molecule has 0 fully saturated rings. The first-order valence-electron chi connectivity index (χ1n) is 7.30. The van der Waals surface area contributed by atoms with Crippen LogP contribution in [0.5, 0.6) is 5.75 Å². The summed E-state index contributed by atoms with van der Waals surface area (Å²) in [5, 5.41) is 11.6. The van der Waals surface area contributed by atoms with Crippen molar-refractivity contribution in [3.05, 3.63) is 53.8 Å². The number of nitrogens with zero attached hydrogens (tertiary/aromatic N) is 1. The van der Waals surface area contributed by atoms with Crippen molar-refractivity contribution in [2.45, 2.75) is 0 Å². The van der Waals surface area contributed by atoms with Gasteiger partial charge in [-0.2, -0.15) is 0 Å². The summed E-state index contributed by atoms with van der Waals surface area (Å²) in [5.74, 6) is -2.25. The molecule has 7 nitrogen and oxygen atoms in total. The lowest BCUT2D eigenvalue weighted by Crippen LogP contribution is -2.43. The van der Waals surface area contributed by atoms with Crippen molar-refractivity contribution in [2.75, 3.05) is 23.4 Å². The molecule has 0 atom stereocenters. The Hall–Kier alpha value is -3.42. The molecule has 0 spiro atoms. The Morgan fingerprint density at radius 2 is 1.92 bits per heavy atom. The zero-order chi connectivity index (χ0) is 18.0. The van der Waals surface area contributed by atoms with E-state index in [-0.39, 0.29) is 24.4 Å². The minimum atomic E-state index is -1.16. The summed E-state index contributed by atoms with van der Waals surface area (Å²) in [6.45, 7) is -0.571. The third kappa shape index (κ3) is 3.57. The Morgan fingerprint density at radius 1 is 1.20 bits per heavy atom. The van der Waals surface area contributed by atoms with Crippen molar-refractivity contribution in [1.29, 1.82) is 0 Å². The molecule has 128 valence electrons. The highest BCUT2D eigenvalue weighted by Gasteiger charge is 2.28. The first-order valence-corrected chi connectivity index (χ1v) is 7.30. The predicted octanol–water partition coefficient (Wildman–Crippen LogP) is 1.89. The summed E-state index contributed by atoms with van der Waals surface area (Å²) in [4.78, 5) is 36.5. The van der Waals surface area contributed by atoms with Crippen LogP contribution in [0, 0.1) is 5.82 Å². The van der Waals surface area contributed by atoms with E-state index in [1.807, 2.05) is 0 Å². The number of aromatic carboxylic acids is 1. The van der Waals surface area contributed by atoms with Crippen LogP contribution < -0.4 is 15.0 Å². The van der Waals surface area contributed by atoms with Gasteiger partial charge in [0.2, 0.25) is 5.91 Å². The van der Waals surface area contributed by atoms with Crippen LogP contribution in [-0.4, -0.2) is 36.0 Å². The highest BCUT2D eigenvalue weighted by atomic mass is 19.1. The van der Waals surface area contributed by atoms with Gasteiger partial charge in [0.25, 0.3) is 5.91 Å². The average Bonchev–Trinajstić information content (AvgIpc) is 2.59. The van der Waals surface area contributed by atoms with Crippen molar-refractivity contribution < 1.29 is 28.6 Å². The van der Waals surface area contributed by atoms with E-state index in [0.717, 1.165) is 4.90 Å². The van der Waals surface area contributed by atoms with Gasteiger partial charge in [-0.25, -0.2) is 9.18 Å². The Morgan fingerprint density at radius 3 is 2.60 bits per heavy atom. The SMILES string of the molecule is O=C(CN1C(=O)COc2ccc(C(=O)O)cc21)Nc1ccc(F)cc1. The van der Waals surface area contributed by atoms with Crippen molar-refractivity contribution in [1.82, 2.24) is 0 Å². The van der Waals surface area contributed by atoms with Gasteiger partial charge in [0.15, 0.2) is 6.61 Å². The van der Waals surface area contributed by atoms with E-state index in [1.54, 1.807) is 0 Å². The number of halogens is 1. The maximum absolute atomic E-state index is 12.9. The molecule has 1 aliphatic heterocycles. The van der Waals surface area contributed by atoms with E-state index >= 15 is 0 Å². The lowest BCUT2D eigenvalue weighted by Gasteiger charge is -2.29. The summed E-state index contributed by atoms with van der Waals surface area (Å²) in [6, 6.07) is 9.26. The summed E-state index contributed by atoms with van der Waals surface area (Å²) in [7, 11) is 0. The van der Waals surface area contributed by atoms with Crippen molar-refractivity contribution in [3.63, 3.8) is 0 Å². The highest BCUT2D eigenvalue weighted by molar-refractivity contribution is 6.05. The monoisotopic (exact) mass is 344 g/mol. The average molecular weight is 344 g/mol. The van der Waals surface area contributed by atoms with Crippen molar-refractivity contribution >= 4 is 29.2 Å². The molecular weight excluding hydrogens is 331 g/mol. The third-order valence-corrected chi connectivity index (χ3v) is 3.58. The second-order valence-corrected chi connectivity index (χ2v) is 5.31. The Bertz CT molecular complexity index is 851. The fourth-order valence-corrected chi connectivity index (χ4v) is 2.39. The molecule has 1 heterocycles. The van der Waals surface area contributed by atoms with Crippen LogP contribution in [0.2, 0.25) is 0 Å². The van der Waals surface area contributed by atoms with Gasteiger partial charge in [-0.1, -0.05) is 0 Å². The number of nitrogens with one attached hydrogen (secondary N) is 1. The molecular formula is C17H13FN2O5. The standard InChI is InChI=1S/C17H13FN2O5/c18-11-2-4-12(5-3-11)19-15(21)8-20-13-7-10(17(23)24)1-6-14(13)25-9-16(20)22/h1-7H,8-9H2,(H,19,21)(H,23,24). The topological polar surface area (TPSA) is 95.9 Å². The minimum absolute atomic E-state index is 0.0269. The van der Waals surface area contributed by atoms with E-state index in [9.17, 15) is 18.8 Å². The van der Waals surface area contributed by atoms with Crippen LogP contribution in [0.25, 0.3) is 0 Å². The maximum atomic E-state index is 12.9. The summed E-state index contributed by atoms with van der Waals surface area (Å²) in [5.41, 5.74) is 0.568. The number of benzene rings is 2. The van der Waals surface area contributed by atoms with E-state index in [0.29, 0.717) is 11.4 Å². The van der Waals surface area contributed by atoms with Gasteiger partial charge < -0.3 is 15.2 Å². The molecule has 0 saturated heterocycles. The number of anilines is 2. The zero-order valence-electron chi connectivity index (χ0n) is 12.9. The van der Waals surface area contributed by atoms with Gasteiger partial charge in [-0.05, 0) is 42.5 Å². The first kappa shape index (κ1) is 16.4. The molecule has 2 aromatic rings. The lowest BCUT2D eigenvalue weighted by atomic mass is 10.1. The number of carbonyl (C=O) groups excluding carboxylic acids is 2. The van der Waals surface area contributed by atoms with Gasteiger partial charge in [0.05, 0.1) is 11.3 Å². The number of amides is 2. The van der Waals surface area contributed by atoms with Crippen LogP contribution >= 0.6 is 0 Å². The summed E-state index contributed by atoms with van der Waals surface area (Å²) >= 11 is 0. The van der Waals surface area contributed by atoms with Crippen LogP contribution in [0.3, 0.4) is 0 Å². The molecule has 25 heavy (non-hydrogen) atoms. The molecule has 2 N–H and O–H groups in total. The summed E-state index contributed by atoms with van der Waals surface area (Å²) in [6.07, 6.45) is 0. The molecule has 8 heteroatoms. The quantitative estimate of drug-likeness (QED) is 0.883. The van der Waals surface area contributed by atoms with Gasteiger partial charge in [-0.15, -0.1) is 0 Å². The molecule has 2 amide bonds. The van der Waals surface area contributed by atoms with Gasteiger partial charge >= 0.3 is 5.97 Å². The van der Waals surface area contributed by atoms with Gasteiger partial charge in [0.1, 0.15) is 18.1 Å². The smallest absolute Gasteiger partial charge is 0.335 e. The number of ether oxygens (including phenoxy) is 1. The van der Waals surface area contributed by atoms with E-state index in [4.69, 9.17) is 9.84 Å². The molecule has 1 aliphatic rings. The summed E-state index contributed by atoms with van der Waals surface area (Å²) < 4.78 is 18.1. The second kappa shape index (κ2) is 6.60. The van der Waals surface area contributed by atoms with Gasteiger partial charge in [-0.3, -0.25) is 14.5 Å². The fraction of sp³-hybridized carbons (Fsp3) is 0.118. The van der Waals surface area contributed by atoms with Crippen LogP contribution in [0.1, 0.15) is 10.4 Å². The number of rotatable bonds is 4. The minimum Gasteiger partial charge on any atom is -0.482 e. The Labute approximate surface area is 141 Å². The molecule has 0 unspecified atom stereocenters. The molecule has 2 aromatic carbocycles. The highest BCUT2D eigenvalue weighted by Crippen LogP contribution is 2.33. The number of carboxylic acid groups (broad SMARTS) is 1. The van der Waals surface area contributed by atoms with Gasteiger partial charge in [0, 0.05) is 5.69 Å². The molecule has 0 aromatic heterocycles. The Balaban J connectivity index is 1.81. The van der Waals surface area contributed by atoms with E-state index < -0.39 is 23.6 Å². The number of carbonyl (C=O) groups is 3. The van der Waals surface area contributed by atoms with E-state index in [1.165, 1.54) is 42.5 Å². The Kier molecular flexibility index (Phi) is 4.34. The molecule has 3 rings (SSSR count). The number of hydrogen-bond donors (Lipinski definition) is 2. The largest absolute Gasteiger partial charge is 0.482 e. The molecule has 0 saturated carbocycles. The maximum Gasteiger partial charge on any atom is 0.335 e. The number of carboxylic acids is 1. The number of hydrogen-bond acceptors (Lipinski definition) is 4. The van der Waals surface area contributed by atoms with Crippen LogP contribution in [0.4, 0.5) is 15.8 Å². The normalized spacial score (nSPS) is 13.0. The molecule has 0 radical (unpaired) electrons.